The van der Waals surface area contributed by atoms with Crippen molar-refractivity contribution in [2.75, 3.05) is 13.7 Å². The molecule has 0 bridgehead atoms. The molecule has 0 saturated heterocycles. The van der Waals surface area contributed by atoms with E-state index in [-0.39, 0.29) is 10.9 Å². The van der Waals surface area contributed by atoms with E-state index in [1.54, 1.807) is 48.5 Å². The van der Waals surface area contributed by atoms with Gasteiger partial charge in [-0.2, -0.15) is 0 Å². The topological polar surface area (TPSA) is 94.1 Å². The Morgan fingerprint density at radius 1 is 1.11 bits per heavy atom. The first-order chi connectivity index (χ1) is 16.8. The smallest absolute Gasteiger partial charge is 0.311 e. The Labute approximate surface area is 212 Å². The van der Waals surface area contributed by atoms with Crippen LogP contribution in [0.5, 0.6) is 17.2 Å². The molecule has 3 aromatic rings. The van der Waals surface area contributed by atoms with Crippen molar-refractivity contribution in [3.8, 4) is 17.2 Å². The summed E-state index contributed by atoms with van der Waals surface area (Å²) in [6, 6.07) is 17.0. The summed E-state index contributed by atoms with van der Waals surface area (Å²) in [7, 11) is 1.53. The molecular formula is C26H23Cl2NO6. The highest BCUT2D eigenvalue weighted by molar-refractivity contribution is 6.32. The zero-order chi connectivity index (χ0) is 24.9. The lowest BCUT2D eigenvalue weighted by Gasteiger charge is -2.24. The number of aliphatic carboxylic acids is 1. The molecule has 0 saturated carbocycles. The van der Waals surface area contributed by atoms with Crippen molar-refractivity contribution in [3.05, 3.63) is 87.4 Å². The number of carbonyl (C=O) groups excluding carboxylic acids is 1. The van der Waals surface area contributed by atoms with E-state index in [4.69, 9.17) is 37.4 Å². The Morgan fingerprint density at radius 3 is 2.49 bits per heavy atom. The summed E-state index contributed by atoms with van der Waals surface area (Å²) in [6.07, 6.45) is 0.359. The number of benzene rings is 3. The molecule has 2 unspecified atom stereocenters. The molecule has 1 amide bonds. The molecule has 1 heterocycles. The molecule has 0 radical (unpaired) electrons. The number of carboxylic acid groups (broad SMARTS) is 1. The normalized spacial score (nSPS) is 15.5. The van der Waals surface area contributed by atoms with Gasteiger partial charge in [-0.05, 0) is 54.4 Å². The number of nitrogens with one attached hydrogen (secondary N) is 1. The van der Waals surface area contributed by atoms with E-state index in [2.05, 4.69) is 5.32 Å². The van der Waals surface area contributed by atoms with Gasteiger partial charge in [0, 0.05) is 35.7 Å². The number of rotatable bonds is 8. The molecule has 1 aliphatic rings. The van der Waals surface area contributed by atoms with Gasteiger partial charge in [-0.3, -0.25) is 9.59 Å². The Bertz CT molecular complexity index is 1210. The van der Waals surface area contributed by atoms with Crippen molar-refractivity contribution < 1.29 is 28.9 Å². The van der Waals surface area contributed by atoms with Crippen LogP contribution in [0.4, 0.5) is 0 Å². The number of ether oxygens (including phenoxy) is 3. The van der Waals surface area contributed by atoms with Crippen LogP contribution in [0.3, 0.4) is 0 Å². The molecule has 0 fully saturated rings. The zero-order valence-corrected chi connectivity index (χ0v) is 20.3. The average molecular weight is 516 g/mol. The SMILES string of the molecule is COC(Cc1ccc(Cl)cc1)NC(=O)c1ccc(Oc2cc3c(cc2Cl)C(C(=O)O)CCO3)cc1. The van der Waals surface area contributed by atoms with Crippen LogP contribution in [-0.2, 0) is 16.0 Å². The number of methoxy groups -OCH3 is 1. The minimum atomic E-state index is -0.919. The largest absolute Gasteiger partial charge is 0.493 e. The molecule has 0 spiro atoms. The van der Waals surface area contributed by atoms with Crippen LogP contribution in [0.2, 0.25) is 10.0 Å². The van der Waals surface area contributed by atoms with Crippen molar-refractivity contribution in [1.82, 2.24) is 5.32 Å². The molecule has 0 aliphatic carbocycles. The Kier molecular flexibility index (Phi) is 7.80. The quantitative estimate of drug-likeness (QED) is 0.374. The molecule has 2 atom stereocenters. The van der Waals surface area contributed by atoms with E-state index >= 15 is 0 Å². The summed E-state index contributed by atoms with van der Waals surface area (Å²) in [4.78, 5) is 24.2. The number of amides is 1. The van der Waals surface area contributed by atoms with Crippen LogP contribution in [-0.4, -0.2) is 36.9 Å². The predicted octanol–water partition coefficient (Wildman–Crippen LogP) is 5.68. The van der Waals surface area contributed by atoms with E-state index in [1.807, 2.05) is 12.1 Å². The maximum absolute atomic E-state index is 12.7. The second-order valence-electron chi connectivity index (χ2n) is 8.00. The minimum absolute atomic E-state index is 0.271. The Balaban J connectivity index is 1.42. The van der Waals surface area contributed by atoms with E-state index in [9.17, 15) is 14.7 Å². The summed E-state index contributed by atoms with van der Waals surface area (Å²) in [6.45, 7) is 0.301. The molecule has 2 N–H and O–H groups in total. The lowest BCUT2D eigenvalue weighted by molar-refractivity contribution is -0.139. The number of hydrogen-bond acceptors (Lipinski definition) is 5. The van der Waals surface area contributed by atoms with Crippen molar-refractivity contribution in [2.24, 2.45) is 0 Å². The third kappa shape index (κ3) is 6.06. The van der Waals surface area contributed by atoms with Crippen LogP contribution >= 0.6 is 23.2 Å². The van der Waals surface area contributed by atoms with Gasteiger partial charge in [0.2, 0.25) is 0 Å². The number of carboxylic acids is 1. The molecular weight excluding hydrogens is 493 g/mol. The molecule has 7 nitrogen and oxygen atoms in total. The van der Waals surface area contributed by atoms with Gasteiger partial charge >= 0.3 is 5.97 Å². The van der Waals surface area contributed by atoms with Gasteiger partial charge in [-0.1, -0.05) is 35.3 Å². The monoisotopic (exact) mass is 515 g/mol. The van der Waals surface area contributed by atoms with Gasteiger partial charge < -0.3 is 24.6 Å². The molecule has 35 heavy (non-hydrogen) atoms. The minimum Gasteiger partial charge on any atom is -0.493 e. The van der Waals surface area contributed by atoms with Crippen molar-refractivity contribution >= 4 is 35.1 Å². The highest BCUT2D eigenvalue weighted by Gasteiger charge is 2.29. The van der Waals surface area contributed by atoms with Gasteiger partial charge in [-0.15, -0.1) is 0 Å². The van der Waals surface area contributed by atoms with E-state index < -0.39 is 18.1 Å². The second kappa shape index (κ2) is 11.0. The molecule has 1 aliphatic heterocycles. The standard InChI is InChI=1S/C26H23Cl2NO6/c1-33-24(12-15-2-6-17(27)7-3-15)29-25(30)16-4-8-18(9-5-16)35-23-14-22-20(13-21(23)28)19(26(31)32)10-11-34-22/h2-9,13-14,19,24H,10-12H2,1H3,(H,29,30)(H,31,32). The predicted molar refractivity (Wildman–Crippen MR) is 132 cm³/mol. The fourth-order valence-corrected chi connectivity index (χ4v) is 4.12. The number of fused-ring (bicyclic) bond motifs is 1. The van der Waals surface area contributed by atoms with Gasteiger partial charge in [0.15, 0.2) is 0 Å². The Hall–Kier alpha value is -3.26. The molecule has 182 valence electrons. The third-order valence-electron chi connectivity index (χ3n) is 5.66. The fraction of sp³-hybridized carbons (Fsp3) is 0.231. The second-order valence-corrected chi connectivity index (χ2v) is 8.85. The van der Waals surface area contributed by atoms with Crippen LogP contribution < -0.4 is 14.8 Å². The number of carbonyl (C=O) groups is 2. The van der Waals surface area contributed by atoms with Crippen LogP contribution in [0.1, 0.15) is 33.8 Å². The first-order valence-electron chi connectivity index (χ1n) is 10.9. The number of halogens is 2. The summed E-state index contributed by atoms with van der Waals surface area (Å²) in [5, 5.41) is 13.2. The molecule has 0 aromatic heterocycles. The van der Waals surface area contributed by atoms with Crippen molar-refractivity contribution in [3.63, 3.8) is 0 Å². The fourth-order valence-electron chi connectivity index (χ4n) is 3.78. The summed E-state index contributed by atoms with van der Waals surface area (Å²) in [5.74, 6) is -0.659. The maximum Gasteiger partial charge on any atom is 0.311 e. The van der Waals surface area contributed by atoms with Gasteiger partial charge in [-0.25, -0.2) is 0 Å². The van der Waals surface area contributed by atoms with Crippen molar-refractivity contribution in [1.29, 1.82) is 0 Å². The van der Waals surface area contributed by atoms with E-state index in [0.29, 0.717) is 52.8 Å². The summed E-state index contributed by atoms with van der Waals surface area (Å²) < 4.78 is 16.9. The van der Waals surface area contributed by atoms with Crippen LogP contribution in [0.25, 0.3) is 0 Å². The average Bonchev–Trinajstić information content (AvgIpc) is 2.85. The number of hydrogen-bond donors (Lipinski definition) is 2. The zero-order valence-electron chi connectivity index (χ0n) is 18.8. The van der Waals surface area contributed by atoms with Crippen LogP contribution in [0.15, 0.2) is 60.7 Å². The van der Waals surface area contributed by atoms with E-state index in [1.165, 1.54) is 7.11 Å². The van der Waals surface area contributed by atoms with Gasteiger partial charge in [0.05, 0.1) is 17.5 Å². The van der Waals surface area contributed by atoms with Crippen LogP contribution in [0, 0.1) is 0 Å². The maximum atomic E-state index is 12.7. The van der Waals surface area contributed by atoms with Gasteiger partial charge in [0.25, 0.3) is 5.91 Å². The first-order valence-corrected chi connectivity index (χ1v) is 11.6. The highest BCUT2D eigenvalue weighted by atomic mass is 35.5. The molecule has 4 rings (SSSR count). The first kappa shape index (κ1) is 24.9. The molecule has 9 heteroatoms. The molecule has 3 aromatic carbocycles. The summed E-state index contributed by atoms with van der Waals surface area (Å²) in [5.41, 5.74) is 1.94. The van der Waals surface area contributed by atoms with E-state index in [0.717, 1.165) is 5.56 Å². The lowest BCUT2D eigenvalue weighted by atomic mass is 9.93. The third-order valence-corrected chi connectivity index (χ3v) is 6.20. The van der Waals surface area contributed by atoms with Crippen molar-refractivity contribution in [2.45, 2.75) is 25.0 Å². The highest BCUT2D eigenvalue weighted by Crippen LogP contribution is 2.41. The summed E-state index contributed by atoms with van der Waals surface area (Å²) >= 11 is 12.3. The lowest BCUT2D eigenvalue weighted by Crippen LogP contribution is -2.37. The van der Waals surface area contributed by atoms with Gasteiger partial charge in [0.1, 0.15) is 23.5 Å². The Morgan fingerprint density at radius 2 is 1.83 bits per heavy atom.